The molecule has 2 saturated heterocycles. The highest BCUT2D eigenvalue weighted by Crippen LogP contribution is 2.37. The lowest BCUT2D eigenvalue weighted by atomic mass is 9.84. The Bertz CT molecular complexity index is 970. The van der Waals surface area contributed by atoms with Crippen molar-refractivity contribution in [1.29, 1.82) is 0 Å². The summed E-state index contributed by atoms with van der Waals surface area (Å²) in [5, 5.41) is 11.2. The minimum atomic E-state index is -0.603. The number of hydrogen-bond donors (Lipinski definition) is 1. The van der Waals surface area contributed by atoms with E-state index in [1.165, 1.54) is 17.7 Å². The van der Waals surface area contributed by atoms with Gasteiger partial charge in [0, 0.05) is 38.6 Å². The molecular formula is C31H43FN2O2. The number of aryl methyl sites for hydroxylation is 1. The molecule has 2 aliphatic heterocycles. The van der Waals surface area contributed by atoms with Crippen molar-refractivity contribution in [1.82, 2.24) is 9.80 Å². The second-order valence-corrected chi connectivity index (χ2v) is 11.5. The maximum absolute atomic E-state index is 13.1. The van der Waals surface area contributed by atoms with Crippen LogP contribution in [0, 0.1) is 17.7 Å². The first-order chi connectivity index (χ1) is 17.2. The van der Waals surface area contributed by atoms with Crippen LogP contribution in [0.4, 0.5) is 4.39 Å². The zero-order chi connectivity index (χ0) is 25.7. The quantitative estimate of drug-likeness (QED) is 0.487. The minimum Gasteiger partial charge on any atom is -0.390 e. The van der Waals surface area contributed by atoms with Crippen LogP contribution in [0.25, 0.3) is 0 Å². The Hall–Kier alpha value is -2.08. The molecule has 2 aromatic rings. The number of rotatable bonds is 10. The molecule has 0 aromatic heterocycles. The summed E-state index contributed by atoms with van der Waals surface area (Å²) in [7, 11) is 0. The number of halogens is 1. The lowest BCUT2D eigenvalue weighted by molar-refractivity contribution is -0.123. The molecule has 4 rings (SSSR count). The molecule has 0 spiro atoms. The average Bonchev–Trinajstić information content (AvgIpc) is 3.25. The molecule has 196 valence electrons. The predicted molar refractivity (Wildman–Crippen MR) is 144 cm³/mol. The fourth-order valence-electron chi connectivity index (χ4n) is 6.55. The third-order valence-corrected chi connectivity index (χ3v) is 8.44. The summed E-state index contributed by atoms with van der Waals surface area (Å²) in [6, 6.07) is 17.4. The molecule has 0 unspecified atom stereocenters. The molecule has 0 amide bonds. The summed E-state index contributed by atoms with van der Waals surface area (Å²) >= 11 is 0. The maximum atomic E-state index is 13.1. The first kappa shape index (κ1) is 27.0. The molecule has 2 aliphatic rings. The number of likely N-dealkylation sites (tertiary alicyclic amines) is 2. The monoisotopic (exact) mass is 494 g/mol. The molecule has 0 bridgehead atoms. The number of carbonyl (C=O) groups excluding carboxylic acids is 1. The third kappa shape index (κ3) is 6.81. The van der Waals surface area contributed by atoms with Crippen molar-refractivity contribution in [2.45, 2.75) is 70.4 Å². The van der Waals surface area contributed by atoms with Gasteiger partial charge in [-0.15, -0.1) is 0 Å². The third-order valence-electron chi connectivity index (χ3n) is 8.44. The van der Waals surface area contributed by atoms with E-state index in [0.717, 1.165) is 70.4 Å². The van der Waals surface area contributed by atoms with E-state index in [-0.39, 0.29) is 17.6 Å². The molecule has 2 aromatic carbocycles. The lowest BCUT2D eigenvalue weighted by Crippen LogP contribution is -2.47. The van der Waals surface area contributed by atoms with Crippen LogP contribution in [-0.4, -0.2) is 65.1 Å². The number of Topliss-reactive ketones (excluding diaryl/α,β-unsaturated/α-hetero) is 1. The minimum absolute atomic E-state index is 0.0197. The highest BCUT2D eigenvalue weighted by Gasteiger charge is 2.41. The van der Waals surface area contributed by atoms with Gasteiger partial charge < -0.3 is 10.0 Å². The normalized spacial score (nSPS) is 23.7. The smallest absolute Gasteiger partial charge is 0.147 e. The number of ketones is 1. The highest BCUT2D eigenvalue weighted by atomic mass is 19.1. The van der Waals surface area contributed by atoms with Gasteiger partial charge in [0.05, 0.1) is 11.6 Å². The lowest BCUT2D eigenvalue weighted by Gasteiger charge is -2.40. The Morgan fingerprint density at radius 2 is 1.72 bits per heavy atom. The maximum Gasteiger partial charge on any atom is 0.147 e. The van der Waals surface area contributed by atoms with Crippen LogP contribution in [0.1, 0.15) is 63.5 Å². The number of aliphatic hydroxyl groups is 1. The SMILES string of the molecule is CC(=O)[C@@H](C(C)C)N1C[C@H](CN2CCC(O)(CCCc3ccc(F)cc3)CC2)[C@@H](c2ccccc2)C1. The van der Waals surface area contributed by atoms with Crippen LogP contribution >= 0.6 is 0 Å². The number of piperidine rings is 1. The van der Waals surface area contributed by atoms with E-state index in [4.69, 9.17) is 0 Å². The molecule has 2 fully saturated rings. The van der Waals surface area contributed by atoms with E-state index in [1.54, 1.807) is 6.92 Å². The second kappa shape index (κ2) is 12.0. The van der Waals surface area contributed by atoms with Crippen molar-refractivity contribution in [2.75, 3.05) is 32.7 Å². The summed E-state index contributed by atoms with van der Waals surface area (Å²) in [5.41, 5.74) is 1.89. The van der Waals surface area contributed by atoms with Gasteiger partial charge in [-0.25, -0.2) is 4.39 Å². The first-order valence-corrected chi connectivity index (χ1v) is 13.7. The fourth-order valence-corrected chi connectivity index (χ4v) is 6.55. The van der Waals surface area contributed by atoms with Crippen LogP contribution in [0.15, 0.2) is 54.6 Å². The standard InChI is InChI=1S/C31H43FN2O2/c1-23(2)30(24(3)35)34-21-27(29(22-34)26-9-5-4-6-10-26)20-33-18-16-31(36,17-19-33)15-7-8-25-11-13-28(32)14-12-25/h4-6,9-14,23,27,29-30,36H,7-8,15-22H2,1-3H3/t27-,29+,30+/m0/s1. The van der Waals surface area contributed by atoms with Gasteiger partial charge in [0.1, 0.15) is 11.6 Å². The Labute approximate surface area is 216 Å². The zero-order valence-corrected chi connectivity index (χ0v) is 22.2. The molecule has 0 radical (unpaired) electrons. The van der Waals surface area contributed by atoms with Gasteiger partial charge in [-0.1, -0.05) is 56.3 Å². The van der Waals surface area contributed by atoms with Gasteiger partial charge in [-0.05, 0) is 74.1 Å². The van der Waals surface area contributed by atoms with Gasteiger partial charge in [0.2, 0.25) is 0 Å². The van der Waals surface area contributed by atoms with Crippen molar-refractivity contribution in [3.63, 3.8) is 0 Å². The zero-order valence-electron chi connectivity index (χ0n) is 22.2. The molecule has 0 aliphatic carbocycles. The fraction of sp³-hybridized carbons (Fsp3) is 0.581. The Morgan fingerprint density at radius 3 is 2.33 bits per heavy atom. The van der Waals surface area contributed by atoms with E-state index >= 15 is 0 Å². The molecule has 0 saturated carbocycles. The molecule has 2 heterocycles. The summed E-state index contributed by atoms with van der Waals surface area (Å²) < 4.78 is 13.1. The largest absolute Gasteiger partial charge is 0.390 e. The summed E-state index contributed by atoms with van der Waals surface area (Å²) in [5.74, 6) is 1.25. The van der Waals surface area contributed by atoms with Crippen molar-refractivity contribution >= 4 is 5.78 Å². The molecule has 36 heavy (non-hydrogen) atoms. The molecular weight excluding hydrogens is 451 g/mol. The first-order valence-electron chi connectivity index (χ1n) is 13.7. The van der Waals surface area contributed by atoms with Crippen LogP contribution in [-0.2, 0) is 11.2 Å². The van der Waals surface area contributed by atoms with Gasteiger partial charge in [-0.3, -0.25) is 9.69 Å². The van der Waals surface area contributed by atoms with E-state index in [0.29, 0.717) is 17.8 Å². The summed E-state index contributed by atoms with van der Waals surface area (Å²) in [6.45, 7) is 10.7. The van der Waals surface area contributed by atoms with Crippen molar-refractivity contribution < 1.29 is 14.3 Å². The second-order valence-electron chi connectivity index (χ2n) is 11.5. The average molecular weight is 495 g/mol. The van der Waals surface area contributed by atoms with Crippen molar-refractivity contribution in [2.24, 2.45) is 11.8 Å². The van der Waals surface area contributed by atoms with E-state index in [2.05, 4.69) is 54.0 Å². The van der Waals surface area contributed by atoms with Crippen LogP contribution < -0.4 is 0 Å². The Morgan fingerprint density at radius 1 is 1.06 bits per heavy atom. The van der Waals surface area contributed by atoms with E-state index in [9.17, 15) is 14.3 Å². The summed E-state index contributed by atoms with van der Waals surface area (Å²) in [4.78, 5) is 17.4. The van der Waals surface area contributed by atoms with E-state index < -0.39 is 5.60 Å². The molecule has 5 heteroatoms. The van der Waals surface area contributed by atoms with Crippen LogP contribution in [0.5, 0.6) is 0 Å². The number of benzene rings is 2. The molecule has 4 nitrogen and oxygen atoms in total. The number of hydrogen-bond acceptors (Lipinski definition) is 4. The van der Waals surface area contributed by atoms with Gasteiger partial charge in [-0.2, -0.15) is 0 Å². The number of carbonyl (C=O) groups is 1. The Balaban J connectivity index is 1.33. The Kier molecular flexibility index (Phi) is 8.97. The van der Waals surface area contributed by atoms with Crippen LogP contribution in [0.2, 0.25) is 0 Å². The van der Waals surface area contributed by atoms with Crippen molar-refractivity contribution in [3.05, 3.63) is 71.5 Å². The van der Waals surface area contributed by atoms with Gasteiger partial charge >= 0.3 is 0 Å². The highest BCUT2D eigenvalue weighted by molar-refractivity contribution is 5.81. The van der Waals surface area contributed by atoms with Crippen LogP contribution in [0.3, 0.4) is 0 Å². The molecule has 3 atom stereocenters. The van der Waals surface area contributed by atoms with E-state index in [1.807, 2.05) is 12.1 Å². The van der Waals surface area contributed by atoms with Gasteiger partial charge in [0.25, 0.3) is 0 Å². The van der Waals surface area contributed by atoms with Crippen molar-refractivity contribution in [3.8, 4) is 0 Å². The van der Waals surface area contributed by atoms with Gasteiger partial charge in [0.15, 0.2) is 0 Å². The topological polar surface area (TPSA) is 43.8 Å². The number of nitrogens with zero attached hydrogens (tertiary/aromatic N) is 2. The predicted octanol–water partition coefficient (Wildman–Crippen LogP) is 5.30. The molecule has 1 N–H and O–H groups in total. The summed E-state index contributed by atoms with van der Waals surface area (Å²) in [6.07, 6.45) is 4.17.